The minimum absolute atomic E-state index is 0.197. The first-order valence-electron chi connectivity index (χ1n) is 6.75. The summed E-state index contributed by atoms with van der Waals surface area (Å²) in [6.45, 7) is 14.2. The first-order valence-corrected chi connectivity index (χ1v) is 6.75. The molecule has 1 N–H and O–H groups in total. The summed E-state index contributed by atoms with van der Waals surface area (Å²) in [4.78, 5) is 13.1. The average Bonchev–Trinajstić information content (AvgIpc) is 2.21. The van der Waals surface area contributed by atoms with Crippen LogP contribution in [0.1, 0.15) is 53.9 Å². The minimum Gasteiger partial charge on any atom is -0.481 e. The average molecular weight is 243 g/mol. The van der Waals surface area contributed by atoms with E-state index in [1.165, 1.54) is 0 Å². The highest BCUT2D eigenvalue weighted by atomic mass is 16.4. The highest BCUT2D eigenvalue weighted by molar-refractivity contribution is 5.66. The molecular weight excluding hydrogens is 214 g/mol. The Morgan fingerprint density at radius 3 is 2.06 bits per heavy atom. The molecule has 0 rings (SSSR count). The first kappa shape index (κ1) is 16.4. The van der Waals surface area contributed by atoms with Crippen molar-refractivity contribution in [2.75, 3.05) is 19.6 Å². The Balaban J connectivity index is 4.24. The van der Waals surface area contributed by atoms with Gasteiger partial charge in [0.15, 0.2) is 0 Å². The lowest BCUT2D eigenvalue weighted by molar-refractivity contribution is -0.137. The van der Waals surface area contributed by atoms with E-state index in [-0.39, 0.29) is 5.41 Å². The maximum absolute atomic E-state index is 10.7. The van der Waals surface area contributed by atoms with Crippen molar-refractivity contribution in [1.29, 1.82) is 0 Å². The Bertz CT molecular complexity index is 217. The fraction of sp³-hybridized carbons (Fsp3) is 0.929. The van der Waals surface area contributed by atoms with Crippen LogP contribution >= 0.6 is 0 Å². The van der Waals surface area contributed by atoms with E-state index in [1.54, 1.807) is 0 Å². The quantitative estimate of drug-likeness (QED) is 0.711. The van der Waals surface area contributed by atoms with Gasteiger partial charge >= 0.3 is 5.97 Å². The number of nitrogens with zero attached hydrogens (tertiary/aromatic N) is 1. The van der Waals surface area contributed by atoms with Gasteiger partial charge in [0.1, 0.15) is 0 Å². The van der Waals surface area contributed by atoms with Gasteiger partial charge in [-0.2, -0.15) is 0 Å². The Morgan fingerprint density at radius 1 is 1.18 bits per heavy atom. The van der Waals surface area contributed by atoms with Gasteiger partial charge in [0.25, 0.3) is 0 Å². The summed E-state index contributed by atoms with van der Waals surface area (Å²) in [5.74, 6) is -0.193. The molecule has 0 aliphatic carbocycles. The lowest BCUT2D eigenvalue weighted by Crippen LogP contribution is -2.29. The molecule has 3 nitrogen and oxygen atoms in total. The van der Waals surface area contributed by atoms with Gasteiger partial charge in [-0.15, -0.1) is 0 Å². The van der Waals surface area contributed by atoms with Crippen LogP contribution in [0.2, 0.25) is 0 Å². The molecule has 0 aromatic heterocycles. The topological polar surface area (TPSA) is 40.5 Å². The third-order valence-corrected chi connectivity index (χ3v) is 3.62. The number of hydrogen-bond donors (Lipinski definition) is 1. The summed E-state index contributed by atoms with van der Waals surface area (Å²) >= 11 is 0. The second kappa shape index (κ2) is 7.70. The summed E-state index contributed by atoms with van der Waals surface area (Å²) in [5, 5.41) is 8.79. The normalized spacial score (nSPS) is 14.0. The largest absolute Gasteiger partial charge is 0.481 e. The van der Waals surface area contributed by atoms with Crippen molar-refractivity contribution < 1.29 is 9.90 Å². The van der Waals surface area contributed by atoms with Crippen LogP contribution < -0.4 is 0 Å². The molecule has 0 bridgehead atoms. The maximum atomic E-state index is 10.7. The van der Waals surface area contributed by atoms with E-state index in [9.17, 15) is 4.79 Å². The molecule has 0 amide bonds. The summed E-state index contributed by atoms with van der Waals surface area (Å²) < 4.78 is 0. The molecule has 1 unspecified atom stereocenters. The number of carboxylic acids is 1. The van der Waals surface area contributed by atoms with Gasteiger partial charge in [0.2, 0.25) is 0 Å². The Hall–Kier alpha value is -0.570. The summed E-state index contributed by atoms with van der Waals surface area (Å²) in [7, 11) is 0. The van der Waals surface area contributed by atoms with Crippen LogP contribution in [0.25, 0.3) is 0 Å². The Kier molecular flexibility index (Phi) is 7.44. The molecule has 0 saturated carbocycles. The zero-order valence-electron chi connectivity index (χ0n) is 12.1. The van der Waals surface area contributed by atoms with Crippen molar-refractivity contribution in [2.45, 2.75) is 53.9 Å². The number of hydrogen-bond acceptors (Lipinski definition) is 2. The number of rotatable bonds is 8. The zero-order valence-corrected chi connectivity index (χ0v) is 12.1. The molecule has 0 heterocycles. The van der Waals surface area contributed by atoms with Crippen molar-refractivity contribution in [3.63, 3.8) is 0 Å². The Labute approximate surface area is 106 Å². The van der Waals surface area contributed by atoms with Crippen LogP contribution in [0.15, 0.2) is 0 Å². The van der Waals surface area contributed by atoms with Gasteiger partial charge in [-0.25, -0.2) is 0 Å². The van der Waals surface area contributed by atoms with Gasteiger partial charge in [-0.05, 0) is 43.8 Å². The van der Waals surface area contributed by atoms with Crippen LogP contribution in [0, 0.1) is 11.3 Å². The molecule has 17 heavy (non-hydrogen) atoms. The fourth-order valence-corrected chi connectivity index (χ4v) is 2.19. The van der Waals surface area contributed by atoms with Crippen molar-refractivity contribution in [1.82, 2.24) is 4.90 Å². The molecule has 3 heteroatoms. The second-order valence-electron chi connectivity index (χ2n) is 5.81. The van der Waals surface area contributed by atoms with E-state index in [1.807, 2.05) is 0 Å². The zero-order chi connectivity index (χ0) is 13.5. The number of aliphatic carboxylic acids is 1. The molecule has 1 atom stereocenters. The van der Waals surface area contributed by atoms with E-state index < -0.39 is 5.97 Å². The molecule has 0 radical (unpaired) electrons. The van der Waals surface area contributed by atoms with Crippen molar-refractivity contribution >= 4 is 5.97 Å². The molecular formula is C14H29NO2. The third-order valence-electron chi connectivity index (χ3n) is 3.62. The van der Waals surface area contributed by atoms with E-state index in [0.717, 1.165) is 32.5 Å². The van der Waals surface area contributed by atoms with E-state index >= 15 is 0 Å². The summed E-state index contributed by atoms with van der Waals surface area (Å²) in [6, 6.07) is 0. The third kappa shape index (κ3) is 7.37. The predicted molar refractivity (Wildman–Crippen MR) is 72.2 cm³/mol. The monoisotopic (exact) mass is 243 g/mol. The van der Waals surface area contributed by atoms with Gasteiger partial charge < -0.3 is 10.0 Å². The van der Waals surface area contributed by atoms with E-state index in [0.29, 0.717) is 12.3 Å². The Morgan fingerprint density at radius 2 is 1.71 bits per heavy atom. The predicted octanol–water partition coefficient (Wildman–Crippen LogP) is 3.25. The van der Waals surface area contributed by atoms with Crippen LogP contribution in [0.4, 0.5) is 0 Å². The molecule has 0 aromatic rings. The first-order chi connectivity index (χ1) is 7.81. The summed E-state index contributed by atoms with van der Waals surface area (Å²) in [5.41, 5.74) is 0.197. The van der Waals surface area contributed by atoms with Crippen LogP contribution in [-0.2, 0) is 4.79 Å². The smallest absolute Gasteiger partial charge is 0.303 e. The van der Waals surface area contributed by atoms with Crippen LogP contribution in [0.5, 0.6) is 0 Å². The highest BCUT2D eigenvalue weighted by Gasteiger charge is 2.25. The summed E-state index contributed by atoms with van der Waals surface area (Å²) in [6.07, 6.45) is 2.18. The fourth-order valence-electron chi connectivity index (χ4n) is 2.19. The van der Waals surface area contributed by atoms with Gasteiger partial charge in [-0.3, -0.25) is 4.79 Å². The number of carboxylic acid groups (broad SMARTS) is 1. The molecule has 0 aromatic carbocycles. The van der Waals surface area contributed by atoms with Gasteiger partial charge in [0.05, 0.1) is 0 Å². The van der Waals surface area contributed by atoms with E-state index in [2.05, 4.69) is 39.5 Å². The molecule has 0 fully saturated rings. The molecule has 0 saturated heterocycles. The molecule has 0 aliphatic heterocycles. The SMILES string of the molecule is CCN(CC)CCC(CCC(=O)O)C(C)(C)C. The lowest BCUT2D eigenvalue weighted by atomic mass is 9.76. The number of carbonyl (C=O) groups is 1. The van der Waals surface area contributed by atoms with Crippen molar-refractivity contribution in [3.8, 4) is 0 Å². The highest BCUT2D eigenvalue weighted by Crippen LogP contribution is 2.32. The standard InChI is InChI=1S/C14H29NO2/c1-6-15(7-2)11-10-12(14(3,4)5)8-9-13(16)17/h12H,6-11H2,1-5H3,(H,16,17). The molecule has 0 spiro atoms. The second-order valence-corrected chi connectivity index (χ2v) is 5.81. The van der Waals surface area contributed by atoms with Gasteiger partial charge in [0, 0.05) is 6.42 Å². The van der Waals surface area contributed by atoms with Crippen LogP contribution in [-0.4, -0.2) is 35.6 Å². The van der Waals surface area contributed by atoms with Crippen molar-refractivity contribution in [2.24, 2.45) is 11.3 Å². The van der Waals surface area contributed by atoms with Crippen LogP contribution in [0.3, 0.4) is 0 Å². The lowest BCUT2D eigenvalue weighted by Gasteiger charge is -2.32. The maximum Gasteiger partial charge on any atom is 0.303 e. The van der Waals surface area contributed by atoms with Gasteiger partial charge in [-0.1, -0.05) is 34.6 Å². The van der Waals surface area contributed by atoms with Crippen molar-refractivity contribution in [3.05, 3.63) is 0 Å². The molecule has 102 valence electrons. The van der Waals surface area contributed by atoms with E-state index in [4.69, 9.17) is 5.11 Å². The molecule has 0 aliphatic rings. The minimum atomic E-state index is -0.679.